The van der Waals surface area contributed by atoms with Gasteiger partial charge in [-0.15, -0.1) is 0 Å². The maximum atomic E-state index is 2.31. The molecule has 2 saturated carbocycles. The SMILES string of the molecule is CC1CCC1.CC1CCC1.O. The van der Waals surface area contributed by atoms with E-state index >= 15 is 0 Å². The second kappa shape index (κ2) is 5.59. The first kappa shape index (κ1) is 11.0. The summed E-state index contributed by atoms with van der Waals surface area (Å²) in [4.78, 5) is 0. The van der Waals surface area contributed by atoms with E-state index in [0.717, 1.165) is 11.8 Å². The van der Waals surface area contributed by atoms with E-state index in [1.54, 1.807) is 0 Å². The van der Waals surface area contributed by atoms with Crippen LogP contribution in [0.25, 0.3) is 0 Å². The van der Waals surface area contributed by atoms with Crippen LogP contribution in [0.5, 0.6) is 0 Å². The van der Waals surface area contributed by atoms with Crippen LogP contribution in [0.2, 0.25) is 0 Å². The summed E-state index contributed by atoms with van der Waals surface area (Å²) in [6, 6.07) is 0. The van der Waals surface area contributed by atoms with Crippen molar-refractivity contribution in [3.63, 3.8) is 0 Å². The van der Waals surface area contributed by atoms with Gasteiger partial charge in [-0.25, -0.2) is 0 Å². The molecule has 0 radical (unpaired) electrons. The van der Waals surface area contributed by atoms with Gasteiger partial charge in [-0.1, -0.05) is 52.4 Å². The highest BCUT2D eigenvalue weighted by Crippen LogP contribution is 2.24. The highest BCUT2D eigenvalue weighted by atomic mass is 16.0. The molecule has 2 aliphatic carbocycles. The molecule has 0 unspecified atom stereocenters. The predicted octanol–water partition coefficient (Wildman–Crippen LogP) is 2.79. The molecule has 2 fully saturated rings. The minimum Gasteiger partial charge on any atom is -0.412 e. The van der Waals surface area contributed by atoms with Gasteiger partial charge in [0.05, 0.1) is 0 Å². The molecule has 0 aromatic heterocycles. The molecule has 2 N–H and O–H groups in total. The van der Waals surface area contributed by atoms with Gasteiger partial charge in [0.15, 0.2) is 0 Å². The Hall–Kier alpha value is -0.0400. The van der Waals surface area contributed by atoms with E-state index < -0.39 is 0 Å². The zero-order valence-corrected chi connectivity index (χ0v) is 7.90. The third kappa shape index (κ3) is 4.41. The molecule has 11 heavy (non-hydrogen) atoms. The molecule has 1 nitrogen and oxygen atoms in total. The third-order valence-electron chi connectivity index (χ3n) is 2.79. The van der Waals surface area contributed by atoms with Gasteiger partial charge in [0.1, 0.15) is 0 Å². The smallest absolute Gasteiger partial charge is 0.0443 e. The van der Waals surface area contributed by atoms with Crippen LogP contribution in [0, 0.1) is 11.8 Å². The normalized spacial score (nSPS) is 23.5. The summed E-state index contributed by atoms with van der Waals surface area (Å²) < 4.78 is 0. The Bertz CT molecular complexity index is 70.9. The van der Waals surface area contributed by atoms with Crippen molar-refractivity contribution in [3.05, 3.63) is 0 Å². The minimum absolute atomic E-state index is 0. The third-order valence-corrected chi connectivity index (χ3v) is 2.79. The molecule has 0 atom stereocenters. The fourth-order valence-corrected chi connectivity index (χ4v) is 1.22. The topological polar surface area (TPSA) is 31.5 Å². The second-order valence-electron chi connectivity index (χ2n) is 4.07. The summed E-state index contributed by atoms with van der Waals surface area (Å²) in [5.74, 6) is 2.13. The van der Waals surface area contributed by atoms with Crippen LogP contribution in [0.15, 0.2) is 0 Å². The molecule has 0 amide bonds. The van der Waals surface area contributed by atoms with Crippen molar-refractivity contribution in [2.45, 2.75) is 52.4 Å². The lowest BCUT2D eigenvalue weighted by Crippen LogP contribution is -2.04. The maximum Gasteiger partial charge on any atom is -0.0443 e. The quantitative estimate of drug-likeness (QED) is 0.519. The van der Waals surface area contributed by atoms with Gasteiger partial charge in [0.25, 0.3) is 0 Å². The molecule has 68 valence electrons. The maximum absolute atomic E-state index is 2.31. The lowest BCUT2D eigenvalue weighted by Gasteiger charge is -2.18. The van der Waals surface area contributed by atoms with Crippen LogP contribution in [0.1, 0.15) is 52.4 Å². The Morgan fingerprint density at radius 3 is 0.909 bits per heavy atom. The van der Waals surface area contributed by atoms with E-state index in [1.807, 2.05) is 0 Å². The first-order valence-corrected chi connectivity index (χ1v) is 4.79. The van der Waals surface area contributed by atoms with E-state index in [9.17, 15) is 0 Å². The van der Waals surface area contributed by atoms with Gasteiger partial charge in [0.2, 0.25) is 0 Å². The van der Waals surface area contributed by atoms with Crippen molar-refractivity contribution in [1.82, 2.24) is 0 Å². The van der Waals surface area contributed by atoms with Crippen molar-refractivity contribution in [2.75, 3.05) is 0 Å². The van der Waals surface area contributed by atoms with E-state index in [0.29, 0.717) is 0 Å². The molecule has 0 bridgehead atoms. The van der Waals surface area contributed by atoms with Gasteiger partial charge < -0.3 is 5.48 Å². The molecule has 2 rings (SSSR count). The largest absolute Gasteiger partial charge is 0.412 e. The van der Waals surface area contributed by atoms with E-state index in [-0.39, 0.29) is 5.48 Å². The summed E-state index contributed by atoms with van der Waals surface area (Å²) in [6.45, 7) is 4.62. The number of hydrogen-bond acceptors (Lipinski definition) is 0. The standard InChI is InChI=1S/2C5H10.H2O/c2*1-5-3-2-4-5;/h2*5H,2-4H2,1H3;1H2. The van der Waals surface area contributed by atoms with Crippen LogP contribution in [-0.4, -0.2) is 5.48 Å². The molecule has 0 heterocycles. The van der Waals surface area contributed by atoms with Gasteiger partial charge in [-0.05, 0) is 11.8 Å². The Morgan fingerprint density at radius 2 is 0.909 bits per heavy atom. The molecule has 1 heteroatoms. The zero-order chi connectivity index (χ0) is 7.40. The lowest BCUT2D eigenvalue weighted by atomic mass is 9.88. The first-order valence-electron chi connectivity index (χ1n) is 4.79. The summed E-state index contributed by atoms with van der Waals surface area (Å²) in [7, 11) is 0. The summed E-state index contributed by atoms with van der Waals surface area (Å²) in [6.07, 6.45) is 8.92. The van der Waals surface area contributed by atoms with Gasteiger partial charge >= 0.3 is 0 Å². The monoisotopic (exact) mass is 158 g/mol. The van der Waals surface area contributed by atoms with Gasteiger partial charge in [0, 0.05) is 0 Å². The highest BCUT2D eigenvalue weighted by molar-refractivity contribution is 4.62. The Morgan fingerprint density at radius 1 is 0.727 bits per heavy atom. The van der Waals surface area contributed by atoms with Crippen molar-refractivity contribution < 1.29 is 5.48 Å². The number of rotatable bonds is 0. The van der Waals surface area contributed by atoms with E-state index in [1.165, 1.54) is 38.5 Å². The van der Waals surface area contributed by atoms with Crippen molar-refractivity contribution in [3.8, 4) is 0 Å². The van der Waals surface area contributed by atoms with Crippen LogP contribution in [-0.2, 0) is 0 Å². The molecule has 2 aliphatic rings. The summed E-state index contributed by atoms with van der Waals surface area (Å²) in [5.41, 5.74) is 0. The van der Waals surface area contributed by atoms with Gasteiger partial charge in [-0.2, -0.15) is 0 Å². The molecular weight excluding hydrogens is 136 g/mol. The van der Waals surface area contributed by atoms with Gasteiger partial charge in [-0.3, -0.25) is 0 Å². The van der Waals surface area contributed by atoms with Crippen LogP contribution < -0.4 is 0 Å². The average molecular weight is 158 g/mol. The fourth-order valence-electron chi connectivity index (χ4n) is 1.22. The van der Waals surface area contributed by atoms with Crippen molar-refractivity contribution >= 4 is 0 Å². The Kier molecular flexibility index (Phi) is 5.57. The fraction of sp³-hybridized carbons (Fsp3) is 1.00. The molecule has 0 aromatic carbocycles. The highest BCUT2D eigenvalue weighted by Gasteiger charge is 2.09. The van der Waals surface area contributed by atoms with Crippen LogP contribution in [0.4, 0.5) is 0 Å². The minimum atomic E-state index is 0. The molecule has 0 aliphatic heterocycles. The van der Waals surface area contributed by atoms with Crippen LogP contribution in [0.3, 0.4) is 0 Å². The molecule has 0 spiro atoms. The first-order chi connectivity index (χ1) is 4.79. The van der Waals surface area contributed by atoms with E-state index in [2.05, 4.69) is 13.8 Å². The van der Waals surface area contributed by atoms with Crippen molar-refractivity contribution in [2.24, 2.45) is 11.8 Å². The molecule has 0 aromatic rings. The molecular formula is C10H22O. The summed E-state index contributed by atoms with van der Waals surface area (Å²) in [5, 5.41) is 0. The second-order valence-corrected chi connectivity index (χ2v) is 4.07. The zero-order valence-electron chi connectivity index (χ0n) is 7.90. The van der Waals surface area contributed by atoms with Crippen molar-refractivity contribution in [1.29, 1.82) is 0 Å². The Labute approximate surface area is 70.5 Å². The Balaban J connectivity index is 0.000000167. The lowest BCUT2D eigenvalue weighted by molar-refractivity contribution is 0.346. The van der Waals surface area contributed by atoms with E-state index in [4.69, 9.17) is 0 Å². The summed E-state index contributed by atoms with van der Waals surface area (Å²) >= 11 is 0. The average Bonchev–Trinajstić information content (AvgIpc) is 1.80. The predicted molar refractivity (Wildman–Crippen MR) is 49.6 cm³/mol. The van der Waals surface area contributed by atoms with Crippen LogP contribution >= 0.6 is 0 Å². The number of hydrogen-bond donors (Lipinski definition) is 0. The molecule has 0 saturated heterocycles.